The van der Waals surface area contributed by atoms with Gasteiger partial charge < -0.3 is 19.7 Å². The highest BCUT2D eigenvalue weighted by molar-refractivity contribution is 5.92. The normalized spacial score (nSPS) is 20.8. The van der Waals surface area contributed by atoms with E-state index in [0.29, 0.717) is 25.3 Å². The van der Waals surface area contributed by atoms with Crippen molar-refractivity contribution in [3.8, 4) is 5.75 Å². The van der Waals surface area contributed by atoms with Crippen LogP contribution in [0.1, 0.15) is 21.6 Å². The first-order valence-corrected chi connectivity index (χ1v) is 8.77. The van der Waals surface area contributed by atoms with Crippen LogP contribution < -0.4 is 4.74 Å². The van der Waals surface area contributed by atoms with Crippen molar-refractivity contribution in [2.75, 3.05) is 32.8 Å². The van der Waals surface area contributed by atoms with Crippen LogP contribution in [0.5, 0.6) is 5.75 Å². The number of hydrogen-bond acceptors (Lipinski definition) is 4. The summed E-state index contributed by atoms with van der Waals surface area (Å²) in [4.78, 5) is 19.4. The number of carbonyl (C=O) groups is 1. The Balaban J connectivity index is 1.42. The highest BCUT2D eigenvalue weighted by atomic mass is 16.5. The largest absolute Gasteiger partial charge is 0.493 e. The summed E-state index contributed by atoms with van der Waals surface area (Å²) < 4.78 is 5.56. The van der Waals surface area contributed by atoms with Crippen LogP contribution in [-0.4, -0.2) is 64.7 Å². The maximum atomic E-state index is 12.5. The zero-order valence-corrected chi connectivity index (χ0v) is 14.1. The van der Waals surface area contributed by atoms with Gasteiger partial charge in [-0.3, -0.25) is 9.69 Å². The lowest BCUT2D eigenvalue weighted by molar-refractivity contribution is 0.0658. The van der Waals surface area contributed by atoms with E-state index in [-0.39, 0.29) is 5.91 Å². The molecule has 4 rings (SSSR count). The number of carbonyl (C=O) groups excluding carboxylic acids is 1. The molecular weight excluding hydrogens is 318 g/mol. The molecular formula is C19H23N3O3. The standard InChI is InChI=1S/C19H23N3O3/c23-16-12-21(11-14-3-4-18-15(10-14)5-9-25-18)7-8-22(13-16)19(24)17-2-1-6-20-17/h1-4,6,10,16,20,23H,5,7-9,11-13H2/t16-/m0/s1. The average Bonchev–Trinajstić information content (AvgIpc) is 3.25. The first-order valence-electron chi connectivity index (χ1n) is 8.77. The van der Waals surface area contributed by atoms with Gasteiger partial charge in [0.05, 0.1) is 12.7 Å². The van der Waals surface area contributed by atoms with Crippen molar-refractivity contribution in [1.82, 2.24) is 14.8 Å². The van der Waals surface area contributed by atoms with Crippen LogP contribution in [0.4, 0.5) is 0 Å². The zero-order chi connectivity index (χ0) is 17.2. The van der Waals surface area contributed by atoms with E-state index in [9.17, 15) is 9.90 Å². The SMILES string of the molecule is O=C(c1ccc[nH]1)N1CCN(Cc2ccc3c(c2)CCO3)C[C@H](O)C1. The number of nitrogens with one attached hydrogen (secondary N) is 1. The van der Waals surface area contributed by atoms with Crippen molar-refractivity contribution in [1.29, 1.82) is 0 Å². The maximum absolute atomic E-state index is 12.5. The minimum Gasteiger partial charge on any atom is -0.493 e. The smallest absolute Gasteiger partial charge is 0.270 e. The molecule has 0 radical (unpaired) electrons. The molecule has 6 heteroatoms. The van der Waals surface area contributed by atoms with Crippen molar-refractivity contribution in [2.24, 2.45) is 0 Å². The van der Waals surface area contributed by atoms with E-state index in [1.165, 1.54) is 11.1 Å². The molecule has 1 fully saturated rings. The summed E-state index contributed by atoms with van der Waals surface area (Å²) in [5, 5.41) is 10.3. The monoisotopic (exact) mass is 341 g/mol. The maximum Gasteiger partial charge on any atom is 0.270 e. The van der Waals surface area contributed by atoms with E-state index in [4.69, 9.17) is 4.74 Å². The molecule has 1 aromatic heterocycles. The third-order valence-electron chi connectivity index (χ3n) is 4.86. The first-order chi connectivity index (χ1) is 12.2. The molecule has 3 heterocycles. The number of ether oxygens (including phenoxy) is 1. The zero-order valence-electron chi connectivity index (χ0n) is 14.1. The van der Waals surface area contributed by atoms with Crippen molar-refractivity contribution in [2.45, 2.75) is 19.1 Å². The Morgan fingerprint density at radius 1 is 1.28 bits per heavy atom. The van der Waals surface area contributed by atoms with Crippen molar-refractivity contribution in [3.63, 3.8) is 0 Å². The number of fused-ring (bicyclic) bond motifs is 1. The Morgan fingerprint density at radius 2 is 2.20 bits per heavy atom. The highest BCUT2D eigenvalue weighted by Crippen LogP contribution is 2.26. The number of aliphatic hydroxyl groups is 1. The minimum atomic E-state index is -0.542. The fourth-order valence-electron chi connectivity index (χ4n) is 3.61. The quantitative estimate of drug-likeness (QED) is 0.882. The lowest BCUT2D eigenvalue weighted by atomic mass is 10.1. The van der Waals surface area contributed by atoms with E-state index in [0.717, 1.165) is 31.9 Å². The number of hydrogen-bond donors (Lipinski definition) is 2. The lowest BCUT2D eigenvalue weighted by Gasteiger charge is -2.21. The Bertz CT molecular complexity index is 744. The Morgan fingerprint density at radius 3 is 3.04 bits per heavy atom. The van der Waals surface area contributed by atoms with E-state index < -0.39 is 6.10 Å². The van der Waals surface area contributed by atoms with Crippen LogP contribution >= 0.6 is 0 Å². The number of β-amino-alcohol motifs (C(OH)–C–C–N with tert-alkyl or cyclic N) is 1. The predicted octanol–water partition coefficient (Wildman–Crippen LogP) is 1.27. The average molecular weight is 341 g/mol. The van der Waals surface area contributed by atoms with Crippen LogP contribution in [0.15, 0.2) is 36.5 Å². The van der Waals surface area contributed by atoms with Gasteiger partial charge in [0.1, 0.15) is 11.4 Å². The number of aromatic amines is 1. The van der Waals surface area contributed by atoms with E-state index in [1.54, 1.807) is 17.2 Å². The van der Waals surface area contributed by atoms with Gasteiger partial charge in [-0.2, -0.15) is 0 Å². The van der Waals surface area contributed by atoms with E-state index in [2.05, 4.69) is 22.0 Å². The highest BCUT2D eigenvalue weighted by Gasteiger charge is 2.25. The molecule has 6 nitrogen and oxygen atoms in total. The second-order valence-corrected chi connectivity index (χ2v) is 6.76. The lowest BCUT2D eigenvalue weighted by Crippen LogP contribution is -2.37. The van der Waals surface area contributed by atoms with Gasteiger partial charge in [-0.25, -0.2) is 0 Å². The number of aromatic nitrogens is 1. The third-order valence-corrected chi connectivity index (χ3v) is 4.86. The Labute approximate surface area is 147 Å². The van der Waals surface area contributed by atoms with Crippen molar-refractivity contribution >= 4 is 5.91 Å². The molecule has 0 bridgehead atoms. The molecule has 25 heavy (non-hydrogen) atoms. The summed E-state index contributed by atoms with van der Waals surface area (Å²) >= 11 is 0. The molecule has 2 aliphatic rings. The Kier molecular flexibility index (Phi) is 4.46. The van der Waals surface area contributed by atoms with E-state index >= 15 is 0 Å². The summed E-state index contributed by atoms with van der Waals surface area (Å²) in [5.74, 6) is 0.933. The van der Waals surface area contributed by atoms with Gasteiger partial charge in [0.2, 0.25) is 0 Å². The van der Waals surface area contributed by atoms with Gasteiger partial charge in [-0.15, -0.1) is 0 Å². The summed E-state index contributed by atoms with van der Waals surface area (Å²) in [6.07, 6.45) is 2.16. The van der Waals surface area contributed by atoms with E-state index in [1.807, 2.05) is 12.1 Å². The minimum absolute atomic E-state index is 0.0550. The summed E-state index contributed by atoms with van der Waals surface area (Å²) in [5.41, 5.74) is 3.05. The number of aliphatic hydroxyl groups excluding tert-OH is 1. The van der Waals surface area contributed by atoms with Gasteiger partial charge in [0.15, 0.2) is 0 Å². The first kappa shape index (κ1) is 16.2. The number of H-pyrrole nitrogens is 1. The molecule has 1 amide bonds. The topological polar surface area (TPSA) is 68.8 Å². The summed E-state index contributed by atoms with van der Waals surface area (Å²) in [6.45, 7) is 3.83. The molecule has 0 saturated carbocycles. The molecule has 0 spiro atoms. The molecule has 1 saturated heterocycles. The Hall–Kier alpha value is -2.31. The fraction of sp³-hybridized carbons (Fsp3) is 0.421. The second kappa shape index (κ2) is 6.90. The molecule has 1 aromatic carbocycles. The number of amides is 1. The summed E-state index contributed by atoms with van der Waals surface area (Å²) in [7, 11) is 0. The number of rotatable bonds is 3. The van der Waals surface area contributed by atoms with Gasteiger partial charge in [-0.1, -0.05) is 12.1 Å². The van der Waals surface area contributed by atoms with Crippen LogP contribution in [-0.2, 0) is 13.0 Å². The van der Waals surface area contributed by atoms with Gasteiger partial charge in [0.25, 0.3) is 5.91 Å². The molecule has 1 atom stereocenters. The molecule has 2 aliphatic heterocycles. The van der Waals surface area contributed by atoms with Gasteiger partial charge >= 0.3 is 0 Å². The molecule has 132 valence electrons. The van der Waals surface area contributed by atoms with Crippen LogP contribution in [0.2, 0.25) is 0 Å². The third kappa shape index (κ3) is 3.55. The van der Waals surface area contributed by atoms with Crippen LogP contribution in [0, 0.1) is 0 Å². The second-order valence-electron chi connectivity index (χ2n) is 6.76. The fourth-order valence-corrected chi connectivity index (χ4v) is 3.61. The van der Waals surface area contributed by atoms with Gasteiger partial charge in [-0.05, 0) is 29.3 Å². The molecule has 0 aliphatic carbocycles. The van der Waals surface area contributed by atoms with Crippen molar-refractivity contribution < 1.29 is 14.6 Å². The van der Waals surface area contributed by atoms with Gasteiger partial charge in [0, 0.05) is 45.3 Å². The molecule has 0 unspecified atom stereocenters. The van der Waals surface area contributed by atoms with Crippen molar-refractivity contribution in [3.05, 3.63) is 53.3 Å². The number of nitrogens with zero attached hydrogens (tertiary/aromatic N) is 2. The van der Waals surface area contributed by atoms with Crippen LogP contribution in [0.25, 0.3) is 0 Å². The molecule has 2 aromatic rings. The predicted molar refractivity (Wildman–Crippen MR) is 93.6 cm³/mol. The summed E-state index contributed by atoms with van der Waals surface area (Å²) in [6, 6.07) is 9.90. The molecule has 2 N–H and O–H groups in total. The number of benzene rings is 1. The van der Waals surface area contributed by atoms with Crippen LogP contribution in [0.3, 0.4) is 0 Å².